The van der Waals surface area contributed by atoms with Crippen molar-refractivity contribution in [2.24, 2.45) is 5.92 Å². The van der Waals surface area contributed by atoms with Crippen molar-refractivity contribution in [3.05, 3.63) is 34.9 Å². The molecule has 0 aliphatic carbocycles. The number of hydrogen-bond acceptors (Lipinski definition) is 2. The van der Waals surface area contributed by atoms with E-state index in [2.05, 4.69) is 19.9 Å². The summed E-state index contributed by atoms with van der Waals surface area (Å²) in [4.78, 5) is 0. The quantitative estimate of drug-likeness (QED) is 0.889. The molecule has 1 fully saturated rings. The molecule has 1 saturated heterocycles. The van der Waals surface area contributed by atoms with Gasteiger partial charge in [-0.1, -0.05) is 23.7 Å². The van der Waals surface area contributed by atoms with Crippen LogP contribution in [-0.4, -0.2) is 23.4 Å². The number of aliphatic hydroxyl groups excluding tert-OH is 1. The molecule has 0 amide bonds. The Morgan fingerprint density at radius 2 is 2.26 bits per heavy atom. The van der Waals surface area contributed by atoms with Crippen LogP contribution in [-0.2, 0) is 11.2 Å². The fourth-order valence-corrected chi connectivity index (χ4v) is 3.05. The van der Waals surface area contributed by atoms with E-state index in [0.717, 1.165) is 30.7 Å². The lowest BCUT2D eigenvalue weighted by atomic mass is 9.93. The Kier molecular flexibility index (Phi) is 4.88. The standard InChI is InChI=1S/C16H23ClO2/c1-16(2)7-6-15(19-16)10-13(11-18)8-12-4-3-5-14(17)9-12/h3-5,9,13,15,18H,6-8,10-11H2,1-2H3. The molecule has 2 nitrogen and oxygen atoms in total. The summed E-state index contributed by atoms with van der Waals surface area (Å²) in [5.74, 6) is 0.248. The summed E-state index contributed by atoms with van der Waals surface area (Å²) >= 11 is 5.99. The summed E-state index contributed by atoms with van der Waals surface area (Å²) in [5, 5.41) is 10.3. The van der Waals surface area contributed by atoms with Crippen LogP contribution in [0.25, 0.3) is 0 Å². The molecule has 2 rings (SSSR count). The summed E-state index contributed by atoms with van der Waals surface area (Å²) in [5.41, 5.74) is 1.18. The average molecular weight is 283 g/mol. The third kappa shape index (κ3) is 4.48. The predicted octanol–water partition coefficient (Wildman–Crippen LogP) is 3.84. The molecule has 2 unspecified atom stereocenters. The zero-order valence-corrected chi connectivity index (χ0v) is 12.5. The van der Waals surface area contributed by atoms with Crippen molar-refractivity contribution in [2.45, 2.75) is 51.2 Å². The van der Waals surface area contributed by atoms with Gasteiger partial charge >= 0.3 is 0 Å². The zero-order valence-electron chi connectivity index (χ0n) is 11.7. The second kappa shape index (κ2) is 6.25. The Morgan fingerprint density at radius 3 is 2.84 bits per heavy atom. The van der Waals surface area contributed by atoms with Crippen LogP contribution in [0, 0.1) is 5.92 Å². The van der Waals surface area contributed by atoms with Crippen LogP contribution in [0.15, 0.2) is 24.3 Å². The van der Waals surface area contributed by atoms with E-state index in [1.165, 1.54) is 5.56 Å². The van der Waals surface area contributed by atoms with Crippen LogP contribution >= 0.6 is 11.6 Å². The lowest BCUT2D eigenvalue weighted by Crippen LogP contribution is -2.23. The van der Waals surface area contributed by atoms with E-state index in [4.69, 9.17) is 16.3 Å². The second-order valence-corrected chi connectivity index (χ2v) is 6.59. The van der Waals surface area contributed by atoms with Gasteiger partial charge in [0.2, 0.25) is 0 Å². The highest BCUT2D eigenvalue weighted by Crippen LogP contribution is 2.33. The number of rotatable bonds is 5. The molecule has 19 heavy (non-hydrogen) atoms. The van der Waals surface area contributed by atoms with Crippen LogP contribution in [0.1, 0.15) is 38.7 Å². The van der Waals surface area contributed by atoms with Gasteiger partial charge in [-0.05, 0) is 63.1 Å². The van der Waals surface area contributed by atoms with E-state index in [9.17, 15) is 5.11 Å². The van der Waals surface area contributed by atoms with Crippen LogP contribution in [0.3, 0.4) is 0 Å². The zero-order chi connectivity index (χ0) is 13.9. The first-order valence-electron chi connectivity index (χ1n) is 7.01. The Bertz CT molecular complexity index is 417. The molecule has 0 aromatic heterocycles. The van der Waals surface area contributed by atoms with Gasteiger partial charge in [0.25, 0.3) is 0 Å². The highest BCUT2D eigenvalue weighted by atomic mass is 35.5. The summed E-state index contributed by atoms with van der Waals surface area (Å²) in [6, 6.07) is 7.88. The van der Waals surface area contributed by atoms with Gasteiger partial charge in [-0.2, -0.15) is 0 Å². The van der Waals surface area contributed by atoms with Gasteiger partial charge in [0.1, 0.15) is 0 Å². The third-order valence-corrected chi connectivity index (χ3v) is 4.06. The van der Waals surface area contributed by atoms with Crippen molar-refractivity contribution in [1.82, 2.24) is 0 Å². The highest BCUT2D eigenvalue weighted by molar-refractivity contribution is 6.30. The molecular weight excluding hydrogens is 260 g/mol. The fraction of sp³-hybridized carbons (Fsp3) is 0.625. The van der Waals surface area contributed by atoms with Crippen molar-refractivity contribution < 1.29 is 9.84 Å². The maximum absolute atomic E-state index is 9.56. The molecule has 0 bridgehead atoms. The van der Waals surface area contributed by atoms with E-state index in [0.29, 0.717) is 0 Å². The summed E-state index contributed by atoms with van der Waals surface area (Å²) in [6.45, 7) is 4.47. The molecule has 1 aromatic carbocycles. The van der Waals surface area contributed by atoms with Gasteiger partial charge in [0.15, 0.2) is 0 Å². The van der Waals surface area contributed by atoms with Gasteiger partial charge in [0, 0.05) is 11.6 Å². The molecule has 1 N–H and O–H groups in total. The first kappa shape index (κ1) is 14.8. The first-order valence-corrected chi connectivity index (χ1v) is 7.39. The topological polar surface area (TPSA) is 29.5 Å². The molecule has 1 heterocycles. The van der Waals surface area contributed by atoms with E-state index < -0.39 is 0 Å². The Labute approximate surface area is 120 Å². The average Bonchev–Trinajstić information content (AvgIpc) is 2.68. The van der Waals surface area contributed by atoms with Crippen molar-refractivity contribution in [2.75, 3.05) is 6.61 Å². The second-order valence-electron chi connectivity index (χ2n) is 6.16. The Balaban J connectivity index is 1.90. The summed E-state index contributed by atoms with van der Waals surface area (Å²) in [7, 11) is 0. The first-order chi connectivity index (χ1) is 8.98. The van der Waals surface area contributed by atoms with Gasteiger partial charge < -0.3 is 9.84 Å². The van der Waals surface area contributed by atoms with Gasteiger partial charge in [0.05, 0.1) is 11.7 Å². The number of hydrogen-bond donors (Lipinski definition) is 1. The molecule has 0 radical (unpaired) electrons. The molecule has 3 heteroatoms. The highest BCUT2D eigenvalue weighted by Gasteiger charge is 2.32. The smallest absolute Gasteiger partial charge is 0.0631 e. The molecule has 2 atom stereocenters. The van der Waals surface area contributed by atoms with Crippen LogP contribution in [0.2, 0.25) is 5.02 Å². The molecule has 0 spiro atoms. The Morgan fingerprint density at radius 1 is 1.47 bits per heavy atom. The van der Waals surface area contributed by atoms with Gasteiger partial charge in [-0.15, -0.1) is 0 Å². The predicted molar refractivity (Wildman–Crippen MR) is 78.5 cm³/mol. The minimum absolute atomic E-state index is 0.000722. The largest absolute Gasteiger partial charge is 0.396 e. The maximum Gasteiger partial charge on any atom is 0.0631 e. The van der Waals surface area contributed by atoms with Crippen LogP contribution in [0.4, 0.5) is 0 Å². The number of ether oxygens (including phenoxy) is 1. The van der Waals surface area contributed by atoms with Crippen LogP contribution in [0.5, 0.6) is 0 Å². The summed E-state index contributed by atoms with van der Waals surface area (Å²) < 4.78 is 6.01. The van der Waals surface area contributed by atoms with Crippen molar-refractivity contribution in [3.8, 4) is 0 Å². The monoisotopic (exact) mass is 282 g/mol. The van der Waals surface area contributed by atoms with Crippen molar-refractivity contribution in [3.63, 3.8) is 0 Å². The normalized spacial score (nSPS) is 23.5. The van der Waals surface area contributed by atoms with Gasteiger partial charge in [-0.3, -0.25) is 0 Å². The molecule has 106 valence electrons. The number of aliphatic hydroxyl groups is 1. The molecule has 1 aromatic rings. The summed E-state index contributed by atoms with van der Waals surface area (Å²) in [6.07, 6.45) is 4.27. The maximum atomic E-state index is 9.56. The van der Waals surface area contributed by atoms with E-state index in [1.807, 2.05) is 18.2 Å². The molecule has 1 aliphatic heterocycles. The minimum Gasteiger partial charge on any atom is -0.396 e. The fourth-order valence-electron chi connectivity index (χ4n) is 2.84. The SMILES string of the molecule is CC1(C)CCC(CC(CO)Cc2cccc(Cl)c2)O1. The lowest BCUT2D eigenvalue weighted by molar-refractivity contribution is -0.0276. The number of halogens is 1. The molecule has 1 aliphatic rings. The minimum atomic E-state index is 0.000722. The van der Waals surface area contributed by atoms with E-state index in [1.54, 1.807) is 0 Å². The van der Waals surface area contributed by atoms with E-state index >= 15 is 0 Å². The van der Waals surface area contributed by atoms with Crippen molar-refractivity contribution in [1.29, 1.82) is 0 Å². The van der Waals surface area contributed by atoms with Gasteiger partial charge in [-0.25, -0.2) is 0 Å². The third-order valence-electron chi connectivity index (χ3n) is 3.82. The number of benzene rings is 1. The van der Waals surface area contributed by atoms with E-state index in [-0.39, 0.29) is 24.2 Å². The molecular formula is C16H23ClO2. The van der Waals surface area contributed by atoms with Crippen LogP contribution < -0.4 is 0 Å². The Hall–Kier alpha value is -0.570. The lowest BCUT2D eigenvalue weighted by Gasteiger charge is -2.22. The van der Waals surface area contributed by atoms with Crippen molar-refractivity contribution >= 4 is 11.6 Å². The molecule has 0 saturated carbocycles.